The maximum Gasteiger partial charge on any atom is 0.372 e. The Labute approximate surface area is 123 Å². The van der Waals surface area contributed by atoms with Gasteiger partial charge in [-0.25, -0.2) is 4.79 Å². The summed E-state index contributed by atoms with van der Waals surface area (Å²) in [5.41, 5.74) is 0. The van der Waals surface area contributed by atoms with Crippen LogP contribution in [-0.2, 0) is 14.0 Å². The zero-order valence-electron chi connectivity index (χ0n) is 13.9. The van der Waals surface area contributed by atoms with Crippen LogP contribution < -0.4 is 5.32 Å². The number of nitrogens with one attached hydrogen (secondary N) is 1. The number of carbonyl (C=O) groups excluding carboxylic acids is 1. The lowest BCUT2D eigenvalue weighted by Crippen LogP contribution is -2.53. The fourth-order valence-corrected chi connectivity index (χ4v) is 3.10. The molecule has 0 aliphatic rings. The Bertz CT molecular complexity index is 363. The zero-order chi connectivity index (χ0) is 16.3. The van der Waals surface area contributed by atoms with Crippen molar-refractivity contribution in [1.29, 1.82) is 0 Å². The van der Waals surface area contributed by atoms with Crippen LogP contribution in [0.1, 0.15) is 34.6 Å². The van der Waals surface area contributed by atoms with Gasteiger partial charge in [-0.1, -0.05) is 27.7 Å². The van der Waals surface area contributed by atoms with Gasteiger partial charge in [0.25, 0.3) is 0 Å². The molecule has 0 spiro atoms. The van der Waals surface area contributed by atoms with E-state index in [0.29, 0.717) is 0 Å². The topological polar surface area (TPSA) is 75.6 Å². The van der Waals surface area contributed by atoms with Gasteiger partial charge in [-0.3, -0.25) is 4.79 Å². The van der Waals surface area contributed by atoms with Crippen LogP contribution in [0.15, 0.2) is 0 Å². The van der Waals surface area contributed by atoms with Crippen molar-refractivity contribution in [3.05, 3.63) is 0 Å². The molecule has 0 rings (SSSR count). The van der Waals surface area contributed by atoms with Gasteiger partial charge in [-0.15, -0.1) is 0 Å². The SMILES string of the molecule is CN[C@@H](C)[C@H](O[Si](C)(C)C(C)(C)C)[C@@H](C)C(=O)C(=O)O. The van der Waals surface area contributed by atoms with E-state index in [4.69, 9.17) is 9.53 Å². The number of carboxylic acid groups (broad SMARTS) is 1. The highest BCUT2D eigenvalue weighted by atomic mass is 28.4. The van der Waals surface area contributed by atoms with E-state index >= 15 is 0 Å². The molecular weight excluding hydrogens is 274 g/mol. The quantitative estimate of drug-likeness (QED) is 0.557. The summed E-state index contributed by atoms with van der Waals surface area (Å²) in [6, 6.07) is -0.0950. The summed E-state index contributed by atoms with van der Waals surface area (Å²) >= 11 is 0. The molecule has 6 heteroatoms. The van der Waals surface area contributed by atoms with Crippen molar-refractivity contribution < 1.29 is 19.1 Å². The summed E-state index contributed by atoms with van der Waals surface area (Å²) in [5.74, 6) is -2.87. The Morgan fingerprint density at radius 3 is 1.95 bits per heavy atom. The number of hydrogen-bond donors (Lipinski definition) is 2. The lowest BCUT2D eigenvalue weighted by molar-refractivity contribution is -0.152. The van der Waals surface area contributed by atoms with E-state index in [1.54, 1.807) is 14.0 Å². The maximum atomic E-state index is 11.7. The molecule has 0 saturated carbocycles. The van der Waals surface area contributed by atoms with Crippen LogP contribution in [0, 0.1) is 5.92 Å². The third-order valence-electron chi connectivity index (χ3n) is 4.30. The molecule has 118 valence electrons. The van der Waals surface area contributed by atoms with Crippen molar-refractivity contribution in [2.24, 2.45) is 5.92 Å². The second-order valence-corrected chi connectivity index (χ2v) is 11.6. The number of Topliss-reactive ketones (excluding diaryl/α,β-unsaturated/α-hetero) is 1. The molecule has 0 aromatic carbocycles. The largest absolute Gasteiger partial charge is 0.475 e. The molecule has 0 aliphatic carbocycles. The first-order valence-electron chi connectivity index (χ1n) is 6.97. The first kappa shape index (κ1) is 19.3. The van der Waals surface area contributed by atoms with Crippen LogP contribution >= 0.6 is 0 Å². The van der Waals surface area contributed by atoms with Crippen LogP contribution in [0.2, 0.25) is 18.1 Å². The van der Waals surface area contributed by atoms with E-state index < -0.39 is 32.1 Å². The standard InChI is InChI=1S/C14H29NO4Si/c1-9(11(16)13(17)18)12(10(2)15-6)19-20(7,8)14(3,4)5/h9-10,12,15H,1-8H3,(H,17,18)/t9-,10-,12+/m0/s1. The first-order valence-corrected chi connectivity index (χ1v) is 9.88. The molecule has 0 heterocycles. The molecule has 0 amide bonds. The molecule has 5 nitrogen and oxygen atoms in total. The lowest BCUT2D eigenvalue weighted by atomic mass is 9.95. The van der Waals surface area contributed by atoms with Gasteiger partial charge in [-0.05, 0) is 32.1 Å². The summed E-state index contributed by atoms with van der Waals surface area (Å²) in [5, 5.41) is 12.0. The summed E-state index contributed by atoms with van der Waals surface area (Å²) in [6.45, 7) is 14.1. The van der Waals surface area contributed by atoms with E-state index in [9.17, 15) is 9.59 Å². The predicted octanol–water partition coefficient (Wildman–Crippen LogP) is 2.27. The van der Waals surface area contributed by atoms with Crippen molar-refractivity contribution in [1.82, 2.24) is 5.32 Å². The van der Waals surface area contributed by atoms with E-state index in [2.05, 4.69) is 39.2 Å². The van der Waals surface area contributed by atoms with E-state index in [1.807, 2.05) is 6.92 Å². The van der Waals surface area contributed by atoms with Crippen LogP contribution in [0.4, 0.5) is 0 Å². The average Bonchev–Trinajstić information content (AvgIpc) is 2.31. The van der Waals surface area contributed by atoms with Crippen LogP contribution in [0.3, 0.4) is 0 Å². The third kappa shape index (κ3) is 4.68. The number of ketones is 1. The highest BCUT2D eigenvalue weighted by Crippen LogP contribution is 2.38. The van der Waals surface area contributed by atoms with Crippen molar-refractivity contribution >= 4 is 20.1 Å². The van der Waals surface area contributed by atoms with Crippen LogP contribution in [0.25, 0.3) is 0 Å². The van der Waals surface area contributed by atoms with Gasteiger partial charge in [0, 0.05) is 6.04 Å². The Morgan fingerprint density at radius 1 is 1.20 bits per heavy atom. The number of carboxylic acids is 1. The fourth-order valence-electron chi connectivity index (χ4n) is 1.66. The maximum absolute atomic E-state index is 11.7. The molecule has 0 bridgehead atoms. The Morgan fingerprint density at radius 2 is 1.65 bits per heavy atom. The summed E-state index contributed by atoms with van der Waals surface area (Å²) in [6.07, 6.45) is -0.440. The van der Waals surface area contributed by atoms with Crippen LogP contribution in [-0.4, -0.2) is 44.4 Å². The van der Waals surface area contributed by atoms with Gasteiger partial charge in [0.05, 0.1) is 12.0 Å². The third-order valence-corrected chi connectivity index (χ3v) is 8.78. The van der Waals surface area contributed by atoms with Gasteiger partial charge in [0.1, 0.15) is 0 Å². The monoisotopic (exact) mass is 303 g/mol. The molecule has 0 aliphatic heterocycles. The zero-order valence-corrected chi connectivity index (χ0v) is 14.9. The lowest BCUT2D eigenvalue weighted by Gasteiger charge is -2.42. The molecule has 2 N–H and O–H groups in total. The minimum atomic E-state index is -2.08. The van der Waals surface area contributed by atoms with Crippen molar-refractivity contribution in [3.8, 4) is 0 Å². The normalized spacial score (nSPS) is 17.4. The minimum absolute atomic E-state index is 0.00467. The predicted molar refractivity (Wildman–Crippen MR) is 82.4 cm³/mol. The molecular formula is C14H29NO4Si. The van der Waals surface area contributed by atoms with E-state index in [1.165, 1.54) is 0 Å². The highest BCUT2D eigenvalue weighted by Gasteiger charge is 2.43. The number of carbonyl (C=O) groups is 2. The highest BCUT2D eigenvalue weighted by molar-refractivity contribution is 6.74. The number of rotatable bonds is 7. The van der Waals surface area contributed by atoms with Gasteiger partial charge in [0.15, 0.2) is 8.32 Å². The van der Waals surface area contributed by atoms with Gasteiger partial charge in [-0.2, -0.15) is 0 Å². The number of aliphatic carboxylic acids is 1. The van der Waals surface area contributed by atoms with Gasteiger partial charge >= 0.3 is 5.97 Å². The smallest absolute Gasteiger partial charge is 0.372 e. The second kappa shape index (κ2) is 6.82. The average molecular weight is 303 g/mol. The first-order chi connectivity index (χ1) is 8.85. The fraction of sp³-hybridized carbons (Fsp3) is 0.857. The molecule has 20 heavy (non-hydrogen) atoms. The number of likely N-dealkylation sites (N-methyl/N-ethyl adjacent to an activating group) is 1. The molecule has 0 aromatic heterocycles. The Kier molecular flexibility index (Phi) is 6.58. The Hall–Kier alpha value is -0.723. The minimum Gasteiger partial charge on any atom is -0.475 e. The van der Waals surface area contributed by atoms with E-state index in [0.717, 1.165) is 0 Å². The molecule has 3 atom stereocenters. The van der Waals surface area contributed by atoms with E-state index in [-0.39, 0.29) is 11.1 Å². The van der Waals surface area contributed by atoms with Gasteiger partial charge < -0.3 is 14.8 Å². The molecule has 0 aromatic rings. The van der Waals surface area contributed by atoms with Crippen molar-refractivity contribution in [2.45, 2.75) is 64.9 Å². The van der Waals surface area contributed by atoms with Crippen molar-refractivity contribution in [3.63, 3.8) is 0 Å². The molecule has 0 fully saturated rings. The van der Waals surface area contributed by atoms with Crippen LogP contribution in [0.5, 0.6) is 0 Å². The Balaban J connectivity index is 5.29. The number of hydrogen-bond acceptors (Lipinski definition) is 4. The second-order valence-electron chi connectivity index (χ2n) is 6.88. The molecule has 0 saturated heterocycles. The summed E-state index contributed by atoms with van der Waals surface area (Å²) in [7, 11) is -0.293. The van der Waals surface area contributed by atoms with Gasteiger partial charge in [0.2, 0.25) is 5.78 Å². The summed E-state index contributed by atoms with van der Waals surface area (Å²) < 4.78 is 6.28. The summed E-state index contributed by atoms with van der Waals surface area (Å²) in [4.78, 5) is 22.7. The molecule has 0 radical (unpaired) electrons. The molecule has 0 unspecified atom stereocenters. The van der Waals surface area contributed by atoms with Crippen molar-refractivity contribution in [2.75, 3.05) is 7.05 Å².